The fourth-order valence-corrected chi connectivity index (χ4v) is 9.60. The molecular formula is C40H52N3O15S3+. The van der Waals surface area contributed by atoms with Gasteiger partial charge in [-0.2, -0.15) is 29.8 Å². The van der Waals surface area contributed by atoms with E-state index in [0.29, 0.717) is 71.7 Å². The van der Waals surface area contributed by atoms with Crippen LogP contribution in [0.3, 0.4) is 0 Å². The first-order chi connectivity index (χ1) is 28.5. The predicted octanol–water partition coefficient (Wildman–Crippen LogP) is 4.53. The molecule has 334 valence electrons. The zero-order valence-corrected chi connectivity index (χ0v) is 36.7. The molecular weight excluding hydrogens is 859 g/mol. The van der Waals surface area contributed by atoms with Crippen LogP contribution in [-0.2, 0) is 55.5 Å². The van der Waals surface area contributed by atoms with Crippen LogP contribution in [0.25, 0.3) is 0 Å². The molecule has 3 heterocycles. The van der Waals surface area contributed by atoms with Crippen LogP contribution in [0.5, 0.6) is 11.8 Å². The smallest absolute Gasteiger partial charge is 0.333 e. The second-order valence-corrected chi connectivity index (χ2v) is 19.7. The van der Waals surface area contributed by atoms with Gasteiger partial charge in [-0.25, -0.2) is 4.79 Å². The molecule has 1 aromatic heterocycles. The van der Waals surface area contributed by atoms with Gasteiger partial charge in [0.15, 0.2) is 12.3 Å². The van der Waals surface area contributed by atoms with Crippen LogP contribution in [0.1, 0.15) is 69.9 Å². The third-order valence-corrected chi connectivity index (χ3v) is 13.7. The number of rotatable bonds is 21. The van der Waals surface area contributed by atoms with Gasteiger partial charge in [0.1, 0.15) is 6.61 Å². The zero-order valence-electron chi connectivity index (χ0n) is 34.2. The summed E-state index contributed by atoms with van der Waals surface area (Å²) in [7, 11) is -10.5. The second kappa shape index (κ2) is 18.8. The number of hydrogen-bond acceptors (Lipinski definition) is 13. The average Bonchev–Trinajstić information content (AvgIpc) is 3.71. The van der Waals surface area contributed by atoms with Crippen molar-refractivity contribution in [2.45, 2.75) is 79.4 Å². The molecule has 21 heteroatoms. The molecule has 0 radical (unpaired) electrons. The Kier molecular flexibility index (Phi) is 14.6. The summed E-state index contributed by atoms with van der Waals surface area (Å²) in [6.45, 7) is 4.99. The summed E-state index contributed by atoms with van der Waals surface area (Å²) in [5.74, 6) is -2.10. The molecule has 61 heavy (non-hydrogen) atoms. The van der Waals surface area contributed by atoms with Gasteiger partial charge in [0.05, 0.1) is 21.0 Å². The monoisotopic (exact) mass is 910 g/mol. The molecule has 3 aromatic rings. The Morgan fingerprint density at radius 1 is 0.770 bits per heavy atom. The van der Waals surface area contributed by atoms with Gasteiger partial charge in [0.25, 0.3) is 30.4 Å². The van der Waals surface area contributed by atoms with Crippen LogP contribution in [0.4, 0.5) is 11.4 Å². The van der Waals surface area contributed by atoms with E-state index in [-0.39, 0.29) is 42.3 Å². The Labute approximate surface area is 355 Å². The molecule has 5 N–H and O–H groups in total. The zero-order chi connectivity index (χ0) is 45.0. The van der Waals surface area contributed by atoms with Crippen LogP contribution >= 0.6 is 0 Å². The van der Waals surface area contributed by atoms with Crippen molar-refractivity contribution in [1.82, 2.24) is 4.73 Å². The number of carbonyl (C=O) groups is 1. The van der Waals surface area contributed by atoms with Gasteiger partial charge in [-0.15, -0.1) is 4.73 Å². The lowest BCUT2D eigenvalue weighted by molar-refractivity contribution is -0.441. The molecule has 2 aromatic carbocycles. The van der Waals surface area contributed by atoms with Gasteiger partial charge in [0.2, 0.25) is 17.4 Å². The Morgan fingerprint density at radius 2 is 1.39 bits per heavy atom. The molecule has 2 aliphatic rings. The maximum absolute atomic E-state index is 12.5. The maximum atomic E-state index is 12.5. The topological polar surface area (TPSA) is 260 Å². The van der Waals surface area contributed by atoms with Gasteiger partial charge in [-0.1, -0.05) is 12.5 Å². The highest BCUT2D eigenvalue weighted by Gasteiger charge is 2.48. The molecule has 5 rings (SSSR count). The largest absolute Gasteiger partial charge is 0.492 e. The lowest BCUT2D eigenvalue weighted by atomic mass is 9.75. The highest BCUT2D eigenvalue weighted by molar-refractivity contribution is 7.86. The van der Waals surface area contributed by atoms with Gasteiger partial charge in [-0.3, -0.25) is 13.7 Å². The van der Waals surface area contributed by atoms with Crippen molar-refractivity contribution in [3.05, 3.63) is 83.6 Å². The summed E-state index contributed by atoms with van der Waals surface area (Å²) in [5.41, 5.74) is 1.88. The molecule has 18 nitrogen and oxygen atoms in total. The molecule has 0 spiro atoms. The Bertz CT molecular complexity index is 2550. The van der Waals surface area contributed by atoms with Crippen molar-refractivity contribution < 1.29 is 72.8 Å². The number of aromatic hydroxyl groups is 2. The number of fused-ring (bicyclic) bond motifs is 2. The van der Waals surface area contributed by atoms with E-state index in [1.165, 1.54) is 50.6 Å². The summed E-state index contributed by atoms with van der Waals surface area (Å²) in [6.07, 6.45) is 7.49. The fourth-order valence-electron chi connectivity index (χ4n) is 8.08. The van der Waals surface area contributed by atoms with E-state index in [4.69, 9.17) is 14.3 Å². The molecule has 0 fully saturated rings. The molecule has 2 unspecified atom stereocenters. The lowest BCUT2D eigenvalue weighted by Crippen LogP contribution is -2.33. The summed E-state index contributed by atoms with van der Waals surface area (Å²) < 4.78 is 116. The summed E-state index contributed by atoms with van der Waals surface area (Å²) in [4.78, 5) is 18.9. The van der Waals surface area contributed by atoms with Crippen molar-refractivity contribution >= 4 is 53.4 Å². The number of aromatic nitrogens is 1. The highest BCUT2D eigenvalue weighted by Crippen LogP contribution is 2.51. The van der Waals surface area contributed by atoms with Crippen LogP contribution in [-0.4, -0.2) is 116 Å². The molecule has 0 bridgehead atoms. The quantitative estimate of drug-likeness (QED) is 0.0559. The normalized spacial score (nSPS) is 19.9. The number of nitrogens with zero attached hydrogens (tertiary/aromatic N) is 3. The minimum atomic E-state index is -4.62. The standard InChI is InChI=1S/C40H51N3O15S3/c1-39(19-9-25-59(47,48)49)30-26-28(60(50,51)52)14-16-33(30)42(22-24-57-4)34(39)10-8-11-35-40(2,20-23-56-3)31-27-29(61(53,54)55)13-15-32(31)41(35)21-7-5-6-12-38(46)58-43-36(44)17-18-37(43)45/h8,10-11,13-18,26-27H,5-7,9,12,19-25H2,1-4H3,(H4-,44,45,47,48,49,50,51,52,53,54,55)/p+1. The summed E-state index contributed by atoms with van der Waals surface area (Å²) >= 11 is 0. The average molecular weight is 911 g/mol. The van der Waals surface area contributed by atoms with Crippen molar-refractivity contribution in [3.8, 4) is 11.8 Å². The van der Waals surface area contributed by atoms with Gasteiger partial charge in [-0.05, 0) is 87.9 Å². The fraction of sp³-hybridized carbons (Fsp3) is 0.450. The van der Waals surface area contributed by atoms with Crippen molar-refractivity contribution in [2.24, 2.45) is 0 Å². The number of allylic oxidation sites excluding steroid dienone is 4. The van der Waals surface area contributed by atoms with Crippen molar-refractivity contribution in [1.29, 1.82) is 0 Å². The SMILES string of the molecule is COCC[N+]1=C(C=CC=C2N(CCCCCC(=O)On3c(O)ccc3O)c3ccc(S(=O)(=O)O)cc3C2(C)CCOC)C(C)(CCCS(=O)(=O)O)c2cc(S(=O)(=O)O)ccc21. The maximum Gasteiger partial charge on any atom is 0.333 e. The number of methoxy groups -OCH3 is 2. The van der Waals surface area contributed by atoms with Gasteiger partial charge >= 0.3 is 5.97 Å². The Morgan fingerprint density at radius 3 is 2.00 bits per heavy atom. The molecule has 0 saturated heterocycles. The molecule has 2 atom stereocenters. The second-order valence-electron chi connectivity index (χ2n) is 15.3. The van der Waals surface area contributed by atoms with Crippen LogP contribution in [0, 0.1) is 0 Å². The number of benzene rings is 2. The lowest BCUT2D eigenvalue weighted by Gasteiger charge is -2.30. The van der Waals surface area contributed by atoms with E-state index in [2.05, 4.69) is 0 Å². The number of ether oxygens (including phenoxy) is 2. The third kappa shape index (κ3) is 10.7. The van der Waals surface area contributed by atoms with E-state index >= 15 is 0 Å². The minimum Gasteiger partial charge on any atom is -0.492 e. The minimum absolute atomic E-state index is 0.00468. The first kappa shape index (κ1) is 47.4. The number of carbonyl (C=O) groups excluding carboxylic acids is 1. The first-order valence-electron chi connectivity index (χ1n) is 19.3. The van der Waals surface area contributed by atoms with Gasteiger partial charge in [0, 0.05) is 80.4 Å². The summed E-state index contributed by atoms with van der Waals surface area (Å²) in [5, 5.41) is 19.6. The van der Waals surface area contributed by atoms with E-state index in [0.717, 1.165) is 5.70 Å². The molecule has 0 aliphatic carbocycles. The van der Waals surface area contributed by atoms with Gasteiger partial charge < -0.3 is 29.4 Å². The van der Waals surface area contributed by atoms with E-state index in [1.54, 1.807) is 18.2 Å². The van der Waals surface area contributed by atoms with Crippen LogP contribution in [0.15, 0.2) is 82.2 Å². The van der Waals surface area contributed by atoms with E-state index < -0.39 is 64.7 Å². The number of hydrogen-bond donors (Lipinski definition) is 5. The molecule has 0 saturated carbocycles. The molecule has 2 aliphatic heterocycles. The first-order valence-corrected chi connectivity index (χ1v) is 23.8. The highest BCUT2D eigenvalue weighted by atomic mass is 32.2. The number of unbranched alkanes of at least 4 members (excludes halogenated alkanes) is 2. The van der Waals surface area contributed by atoms with E-state index in [9.17, 15) is 53.9 Å². The van der Waals surface area contributed by atoms with Crippen molar-refractivity contribution in [2.75, 3.05) is 51.2 Å². The van der Waals surface area contributed by atoms with Crippen LogP contribution in [0.2, 0.25) is 0 Å². The number of anilines is 1. The van der Waals surface area contributed by atoms with Crippen molar-refractivity contribution in [3.63, 3.8) is 0 Å². The third-order valence-electron chi connectivity index (χ3n) is 11.2. The Balaban J connectivity index is 1.55. The summed E-state index contributed by atoms with van der Waals surface area (Å²) in [6, 6.07) is 10.9. The predicted molar refractivity (Wildman–Crippen MR) is 223 cm³/mol. The molecule has 0 amide bonds. The van der Waals surface area contributed by atoms with E-state index in [1.807, 2.05) is 35.5 Å². The van der Waals surface area contributed by atoms with Crippen LogP contribution < -0.4 is 9.74 Å². The Hall–Kier alpha value is -4.61.